The Morgan fingerprint density at radius 1 is 1.30 bits per heavy atom. The Bertz CT molecular complexity index is 774. The van der Waals surface area contributed by atoms with Crippen LogP contribution in [0, 0.1) is 18.3 Å². The summed E-state index contributed by atoms with van der Waals surface area (Å²) in [7, 11) is 0. The second kappa shape index (κ2) is 6.29. The first-order chi connectivity index (χ1) is 10.8. The van der Waals surface area contributed by atoms with Crippen LogP contribution in [0.4, 0.5) is 19.0 Å². The van der Waals surface area contributed by atoms with Crippen LogP contribution in [-0.2, 0) is 12.6 Å². The number of pyridine rings is 1. The highest BCUT2D eigenvalue weighted by atomic mass is 19.4. The monoisotopic (exact) mass is 319 g/mol. The van der Waals surface area contributed by atoms with Gasteiger partial charge in [-0.2, -0.15) is 18.4 Å². The number of nitriles is 1. The number of rotatable bonds is 3. The van der Waals surface area contributed by atoms with Gasteiger partial charge in [0, 0.05) is 11.3 Å². The SMILES string of the molecule is CCCc1c(C)nc(N)c(C#N)c1-c1cccc(C(F)(F)F)c1. The second-order valence-electron chi connectivity index (χ2n) is 5.25. The van der Waals surface area contributed by atoms with E-state index in [4.69, 9.17) is 5.73 Å². The number of anilines is 1. The molecule has 0 aliphatic rings. The predicted molar refractivity (Wildman–Crippen MR) is 82.5 cm³/mol. The average molecular weight is 319 g/mol. The number of nitrogens with two attached hydrogens (primary N) is 1. The third kappa shape index (κ3) is 3.29. The molecule has 3 nitrogen and oxygen atoms in total. The maximum absolute atomic E-state index is 13.0. The minimum Gasteiger partial charge on any atom is -0.383 e. The van der Waals surface area contributed by atoms with E-state index >= 15 is 0 Å². The average Bonchev–Trinajstić information content (AvgIpc) is 2.49. The van der Waals surface area contributed by atoms with E-state index in [1.54, 1.807) is 13.0 Å². The number of aryl methyl sites for hydroxylation is 1. The highest BCUT2D eigenvalue weighted by Crippen LogP contribution is 2.36. The van der Waals surface area contributed by atoms with Gasteiger partial charge in [-0.25, -0.2) is 4.98 Å². The molecule has 0 spiro atoms. The molecule has 1 aromatic heterocycles. The van der Waals surface area contributed by atoms with Crippen molar-refractivity contribution >= 4 is 5.82 Å². The van der Waals surface area contributed by atoms with E-state index < -0.39 is 11.7 Å². The molecule has 2 N–H and O–H groups in total. The Labute approximate surface area is 132 Å². The van der Waals surface area contributed by atoms with E-state index in [0.29, 0.717) is 23.2 Å². The maximum Gasteiger partial charge on any atom is 0.416 e. The number of benzene rings is 1. The number of hydrogen-bond donors (Lipinski definition) is 1. The molecule has 120 valence electrons. The summed E-state index contributed by atoms with van der Waals surface area (Å²) in [5.74, 6) is 0.0391. The molecule has 0 aliphatic carbocycles. The molecule has 2 aromatic rings. The molecule has 1 heterocycles. The Balaban J connectivity index is 2.79. The highest BCUT2D eigenvalue weighted by molar-refractivity contribution is 5.79. The normalized spacial score (nSPS) is 11.3. The molecular formula is C17H16F3N3. The van der Waals surface area contributed by atoms with E-state index in [9.17, 15) is 18.4 Å². The van der Waals surface area contributed by atoms with Crippen molar-refractivity contribution in [3.8, 4) is 17.2 Å². The van der Waals surface area contributed by atoms with Crippen LogP contribution in [0.5, 0.6) is 0 Å². The Morgan fingerprint density at radius 2 is 2.00 bits per heavy atom. The Kier molecular flexibility index (Phi) is 4.60. The van der Waals surface area contributed by atoms with Crippen molar-refractivity contribution in [2.24, 2.45) is 0 Å². The minimum absolute atomic E-state index is 0.0391. The van der Waals surface area contributed by atoms with Crippen LogP contribution < -0.4 is 5.73 Å². The topological polar surface area (TPSA) is 62.7 Å². The van der Waals surface area contributed by atoms with Gasteiger partial charge in [-0.05, 0) is 36.6 Å². The third-order valence-corrected chi connectivity index (χ3v) is 3.62. The lowest BCUT2D eigenvalue weighted by molar-refractivity contribution is -0.137. The van der Waals surface area contributed by atoms with E-state index in [-0.39, 0.29) is 11.4 Å². The van der Waals surface area contributed by atoms with Crippen LogP contribution in [0.2, 0.25) is 0 Å². The van der Waals surface area contributed by atoms with Crippen LogP contribution in [0.25, 0.3) is 11.1 Å². The van der Waals surface area contributed by atoms with Gasteiger partial charge in [0.2, 0.25) is 0 Å². The zero-order valence-corrected chi connectivity index (χ0v) is 12.8. The van der Waals surface area contributed by atoms with Crippen LogP contribution in [0.15, 0.2) is 24.3 Å². The summed E-state index contributed by atoms with van der Waals surface area (Å²) in [5.41, 5.74) is 7.35. The van der Waals surface area contributed by atoms with Crippen molar-refractivity contribution < 1.29 is 13.2 Å². The van der Waals surface area contributed by atoms with E-state index in [1.165, 1.54) is 6.07 Å². The molecule has 2 rings (SSSR count). The highest BCUT2D eigenvalue weighted by Gasteiger charge is 2.31. The smallest absolute Gasteiger partial charge is 0.383 e. The summed E-state index contributed by atoms with van der Waals surface area (Å²) >= 11 is 0. The van der Waals surface area contributed by atoms with Gasteiger partial charge in [-0.3, -0.25) is 0 Å². The fraction of sp³-hybridized carbons (Fsp3) is 0.294. The summed E-state index contributed by atoms with van der Waals surface area (Å²) in [4.78, 5) is 4.15. The van der Waals surface area contributed by atoms with E-state index in [0.717, 1.165) is 24.1 Å². The van der Waals surface area contributed by atoms with Crippen molar-refractivity contribution in [1.82, 2.24) is 4.98 Å². The lowest BCUT2D eigenvalue weighted by Gasteiger charge is -2.16. The summed E-state index contributed by atoms with van der Waals surface area (Å²) in [5, 5.41) is 9.38. The molecule has 0 saturated heterocycles. The largest absolute Gasteiger partial charge is 0.416 e. The molecule has 0 bridgehead atoms. The van der Waals surface area contributed by atoms with Gasteiger partial charge in [0.15, 0.2) is 0 Å². The van der Waals surface area contributed by atoms with Crippen LogP contribution in [-0.4, -0.2) is 4.98 Å². The lowest BCUT2D eigenvalue weighted by Crippen LogP contribution is -2.07. The zero-order valence-electron chi connectivity index (χ0n) is 12.8. The van der Waals surface area contributed by atoms with Gasteiger partial charge in [0.1, 0.15) is 17.5 Å². The number of hydrogen-bond acceptors (Lipinski definition) is 3. The van der Waals surface area contributed by atoms with E-state index in [2.05, 4.69) is 4.98 Å². The van der Waals surface area contributed by atoms with Gasteiger partial charge < -0.3 is 5.73 Å². The Morgan fingerprint density at radius 3 is 2.57 bits per heavy atom. The van der Waals surface area contributed by atoms with Crippen molar-refractivity contribution in [3.63, 3.8) is 0 Å². The molecule has 0 saturated carbocycles. The molecule has 0 aliphatic heterocycles. The van der Waals surface area contributed by atoms with Gasteiger partial charge in [-0.1, -0.05) is 25.5 Å². The van der Waals surface area contributed by atoms with Crippen LogP contribution in [0.3, 0.4) is 0 Å². The number of aromatic nitrogens is 1. The van der Waals surface area contributed by atoms with Crippen LogP contribution >= 0.6 is 0 Å². The number of halogens is 3. The molecule has 0 amide bonds. The molecule has 0 atom stereocenters. The minimum atomic E-state index is -4.44. The van der Waals surface area contributed by atoms with Crippen molar-refractivity contribution in [1.29, 1.82) is 5.26 Å². The lowest BCUT2D eigenvalue weighted by atomic mass is 9.91. The van der Waals surface area contributed by atoms with Gasteiger partial charge in [-0.15, -0.1) is 0 Å². The second-order valence-corrected chi connectivity index (χ2v) is 5.25. The molecule has 1 aromatic carbocycles. The number of alkyl halides is 3. The third-order valence-electron chi connectivity index (χ3n) is 3.62. The Hall–Kier alpha value is -2.55. The number of nitrogens with zero attached hydrogens (tertiary/aromatic N) is 2. The predicted octanol–water partition coefficient (Wildman–Crippen LogP) is 4.48. The fourth-order valence-electron chi connectivity index (χ4n) is 2.60. The molecular weight excluding hydrogens is 303 g/mol. The summed E-state index contributed by atoms with van der Waals surface area (Å²) < 4.78 is 38.9. The number of nitrogen functional groups attached to an aromatic ring is 1. The fourth-order valence-corrected chi connectivity index (χ4v) is 2.60. The standard InChI is InChI=1S/C17H16F3N3/c1-3-5-13-10(2)23-16(22)14(9-21)15(13)11-6-4-7-12(8-11)17(18,19)20/h4,6-8H,3,5H2,1-2H3,(H2,22,23). The van der Waals surface area contributed by atoms with Gasteiger partial charge >= 0.3 is 6.18 Å². The molecule has 0 radical (unpaired) electrons. The summed E-state index contributed by atoms with van der Waals surface area (Å²) in [6, 6.07) is 6.93. The van der Waals surface area contributed by atoms with E-state index in [1.807, 2.05) is 13.0 Å². The summed E-state index contributed by atoms with van der Waals surface area (Å²) in [6.07, 6.45) is -3.05. The molecule has 6 heteroatoms. The van der Waals surface area contributed by atoms with Gasteiger partial charge in [0.25, 0.3) is 0 Å². The first-order valence-corrected chi connectivity index (χ1v) is 7.16. The summed E-state index contributed by atoms with van der Waals surface area (Å²) in [6.45, 7) is 3.71. The van der Waals surface area contributed by atoms with Crippen molar-refractivity contribution in [3.05, 3.63) is 46.6 Å². The van der Waals surface area contributed by atoms with Crippen LogP contribution in [0.1, 0.15) is 35.7 Å². The van der Waals surface area contributed by atoms with Crippen molar-refractivity contribution in [2.75, 3.05) is 5.73 Å². The molecule has 23 heavy (non-hydrogen) atoms. The first-order valence-electron chi connectivity index (χ1n) is 7.16. The zero-order chi connectivity index (χ0) is 17.2. The van der Waals surface area contributed by atoms with Gasteiger partial charge in [0.05, 0.1) is 5.56 Å². The maximum atomic E-state index is 13.0. The van der Waals surface area contributed by atoms with Crippen molar-refractivity contribution in [2.45, 2.75) is 32.9 Å². The molecule has 0 unspecified atom stereocenters. The first kappa shape index (κ1) is 16.8. The molecule has 0 fully saturated rings. The quantitative estimate of drug-likeness (QED) is 0.907.